The Balaban J connectivity index is 2.09. The van der Waals surface area contributed by atoms with Crippen molar-refractivity contribution >= 4 is 32.8 Å². The predicted molar refractivity (Wildman–Crippen MR) is 94.6 cm³/mol. The van der Waals surface area contributed by atoms with Crippen molar-refractivity contribution in [1.29, 1.82) is 0 Å². The van der Waals surface area contributed by atoms with Gasteiger partial charge in [-0.2, -0.15) is 0 Å². The minimum atomic E-state index is 1.02. The first-order valence-electron chi connectivity index (χ1n) is 7.22. The number of allylic oxidation sites excluding steroid dienone is 1. The topological polar surface area (TPSA) is 0 Å². The van der Waals surface area contributed by atoms with Gasteiger partial charge in [0.05, 0.1) is 0 Å². The highest BCUT2D eigenvalue weighted by atomic mass is 79.9. The molecule has 0 aromatic heterocycles. The Bertz CT molecular complexity index is 882. The highest BCUT2D eigenvalue weighted by Crippen LogP contribution is 2.40. The quantitative estimate of drug-likeness (QED) is 0.500. The predicted octanol–water partition coefficient (Wildman–Crippen LogP) is 6.15. The Morgan fingerprint density at radius 2 is 1.76 bits per heavy atom. The summed E-state index contributed by atoms with van der Waals surface area (Å²) in [5.74, 6) is 0. The number of fused-ring (bicyclic) bond motifs is 2. The molecule has 0 amide bonds. The van der Waals surface area contributed by atoms with Crippen molar-refractivity contribution in [1.82, 2.24) is 0 Å². The third-order valence-corrected chi connectivity index (χ3v) is 5.38. The van der Waals surface area contributed by atoms with Crippen molar-refractivity contribution in [2.45, 2.75) is 13.3 Å². The van der Waals surface area contributed by atoms with Crippen molar-refractivity contribution in [3.8, 4) is 11.1 Å². The first-order chi connectivity index (χ1) is 10.3. The first kappa shape index (κ1) is 12.8. The largest absolute Gasteiger partial charge is 0.0794 e. The zero-order valence-electron chi connectivity index (χ0n) is 11.9. The maximum Gasteiger partial charge on any atom is 0.0246 e. The average Bonchev–Trinajstić information content (AvgIpc) is 3.00. The molecule has 102 valence electrons. The molecule has 1 aliphatic carbocycles. The molecule has 4 rings (SSSR count). The smallest absolute Gasteiger partial charge is 0.0246 e. The SMILES string of the molecule is Cc1cc(-c2cccc3ccccc23)c2c(c1Br)CC=C2. The molecule has 3 aromatic carbocycles. The van der Waals surface area contributed by atoms with Crippen molar-refractivity contribution in [2.24, 2.45) is 0 Å². The third kappa shape index (κ3) is 1.96. The monoisotopic (exact) mass is 334 g/mol. The Kier molecular flexibility index (Phi) is 2.97. The zero-order valence-corrected chi connectivity index (χ0v) is 13.4. The van der Waals surface area contributed by atoms with Crippen LogP contribution in [0.2, 0.25) is 0 Å². The Labute approximate surface area is 133 Å². The molecule has 0 saturated carbocycles. The maximum atomic E-state index is 3.75. The van der Waals surface area contributed by atoms with Gasteiger partial charge in [0.25, 0.3) is 0 Å². The molecule has 0 fully saturated rings. The standard InChI is InChI=1S/C20H15Br/c1-13-12-19(17-10-5-11-18(17)20(13)21)16-9-4-7-14-6-2-3-8-15(14)16/h2-10,12H,11H2,1H3. The van der Waals surface area contributed by atoms with Crippen molar-refractivity contribution in [2.75, 3.05) is 0 Å². The van der Waals surface area contributed by atoms with Gasteiger partial charge in [-0.1, -0.05) is 70.5 Å². The summed E-state index contributed by atoms with van der Waals surface area (Å²) in [6.07, 6.45) is 5.54. The van der Waals surface area contributed by atoms with E-state index in [0.29, 0.717) is 0 Å². The summed E-state index contributed by atoms with van der Waals surface area (Å²) in [5, 5.41) is 2.62. The highest BCUT2D eigenvalue weighted by Gasteiger charge is 2.17. The van der Waals surface area contributed by atoms with Crippen molar-refractivity contribution < 1.29 is 0 Å². The number of benzene rings is 3. The van der Waals surface area contributed by atoms with Gasteiger partial charge in [0, 0.05) is 4.47 Å². The lowest BCUT2D eigenvalue weighted by atomic mass is 9.91. The van der Waals surface area contributed by atoms with E-state index in [1.165, 1.54) is 43.1 Å². The summed E-state index contributed by atoms with van der Waals surface area (Å²) in [6, 6.07) is 17.5. The Hall–Kier alpha value is -1.86. The molecule has 0 saturated heterocycles. The van der Waals surface area contributed by atoms with Crippen LogP contribution in [0.3, 0.4) is 0 Å². The van der Waals surface area contributed by atoms with Crippen LogP contribution in [-0.2, 0) is 6.42 Å². The van der Waals surface area contributed by atoms with Crippen LogP contribution in [0.15, 0.2) is 59.1 Å². The summed E-state index contributed by atoms with van der Waals surface area (Å²) < 4.78 is 1.26. The second kappa shape index (κ2) is 4.85. The van der Waals surface area contributed by atoms with Crippen LogP contribution in [0, 0.1) is 6.92 Å². The molecule has 0 nitrogen and oxygen atoms in total. The molecule has 0 unspecified atom stereocenters. The lowest BCUT2D eigenvalue weighted by molar-refractivity contribution is 1.25. The summed E-state index contributed by atoms with van der Waals surface area (Å²) in [7, 11) is 0. The third-order valence-electron chi connectivity index (χ3n) is 4.27. The van der Waals surface area contributed by atoms with E-state index in [4.69, 9.17) is 0 Å². The molecule has 1 heteroatoms. The fraction of sp³-hybridized carbons (Fsp3) is 0.100. The Morgan fingerprint density at radius 3 is 2.67 bits per heavy atom. The van der Waals surface area contributed by atoms with Gasteiger partial charge in [0.1, 0.15) is 0 Å². The number of aryl methyl sites for hydroxylation is 1. The second-order valence-corrected chi connectivity index (χ2v) is 6.37. The minimum Gasteiger partial charge on any atom is -0.0794 e. The molecule has 0 heterocycles. The number of hydrogen-bond donors (Lipinski definition) is 0. The van der Waals surface area contributed by atoms with Gasteiger partial charge in [-0.15, -0.1) is 0 Å². The summed E-state index contributed by atoms with van der Waals surface area (Å²) in [5.41, 5.74) is 6.75. The summed E-state index contributed by atoms with van der Waals surface area (Å²) in [6.45, 7) is 2.18. The number of rotatable bonds is 1. The maximum absolute atomic E-state index is 3.75. The van der Waals surface area contributed by atoms with E-state index < -0.39 is 0 Å². The first-order valence-corrected chi connectivity index (χ1v) is 8.01. The van der Waals surface area contributed by atoms with Gasteiger partial charge in [0.2, 0.25) is 0 Å². The zero-order chi connectivity index (χ0) is 14.4. The van der Waals surface area contributed by atoms with E-state index in [-0.39, 0.29) is 0 Å². The molecular weight excluding hydrogens is 320 g/mol. The Morgan fingerprint density at radius 1 is 0.952 bits per heavy atom. The van der Waals surface area contributed by atoms with Crippen LogP contribution >= 0.6 is 15.9 Å². The highest BCUT2D eigenvalue weighted by molar-refractivity contribution is 9.10. The number of halogens is 1. The molecule has 1 aliphatic rings. The van der Waals surface area contributed by atoms with Crippen LogP contribution in [-0.4, -0.2) is 0 Å². The van der Waals surface area contributed by atoms with Crippen molar-refractivity contribution in [3.63, 3.8) is 0 Å². The molecule has 0 bridgehead atoms. The lowest BCUT2D eigenvalue weighted by Gasteiger charge is -2.14. The van der Waals surface area contributed by atoms with Gasteiger partial charge in [-0.25, -0.2) is 0 Å². The minimum absolute atomic E-state index is 1.02. The molecule has 0 N–H and O–H groups in total. The van der Waals surface area contributed by atoms with Gasteiger partial charge in [0.15, 0.2) is 0 Å². The lowest BCUT2D eigenvalue weighted by Crippen LogP contribution is -1.93. The molecule has 3 aromatic rings. The van der Waals surface area contributed by atoms with Crippen LogP contribution in [0.1, 0.15) is 16.7 Å². The second-order valence-electron chi connectivity index (χ2n) is 5.58. The van der Waals surface area contributed by atoms with E-state index in [2.05, 4.69) is 83.5 Å². The molecule has 0 radical (unpaired) electrons. The molecule has 0 aliphatic heterocycles. The average molecular weight is 335 g/mol. The summed E-state index contributed by atoms with van der Waals surface area (Å²) in [4.78, 5) is 0. The van der Waals surface area contributed by atoms with Crippen LogP contribution < -0.4 is 0 Å². The van der Waals surface area contributed by atoms with E-state index in [1.807, 2.05) is 0 Å². The van der Waals surface area contributed by atoms with Crippen LogP contribution in [0.4, 0.5) is 0 Å². The summed E-state index contributed by atoms with van der Waals surface area (Å²) >= 11 is 3.75. The van der Waals surface area contributed by atoms with Gasteiger partial charge in [-0.05, 0) is 58.0 Å². The fourth-order valence-electron chi connectivity index (χ4n) is 3.24. The van der Waals surface area contributed by atoms with Crippen LogP contribution in [0.5, 0.6) is 0 Å². The van der Waals surface area contributed by atoms with Gasteiger partial charge in [-0.3, -0.25) is 0 Å². The van der Waals surface area contributed by atoms with E-state index in [0.717, 1.165) is 6.42 Å². The van der Waals surface area contributed by atoms with Gasteiger partial charge >= 0.3 is 0 Å². The molecular formula is C20H15Br. The van der Waals surface area contributed by atoms with Gasteiger partial charge < -0.3 is 0 Å². The normalized spacial score (nSPS) is 12.9. The van der Waals surface area contributed by atoms with E-state index >= 15 is 0 Å². The van der Waals surface area contributed by atoms with Crippen LogP contribution in [0.25, 0.3) is 28.0 Å². The fourth-order valence-corrected chi connectivity index (χ4v) is 3.73. The molecule has 0 spiro atoms. The molecule has 0 atom stereocenters. The van der Waals surface area contributed by atoms with E-state index in [1.54, 1.807) is 0 Å². The number of hydrogen-bond acceptors (Lipinski definition) is 0. The van der Waals surface area contributed by atoms with E-state index in [9.17, 15) is 0 Å². The van der Waals surface area contributed by atoms with Crippen molar-refractivity contribution in [3.05, 3.63) is 75.8 Å². The molecule has 21 heavy (non-hydrogen) atoms.